The zero-order valence-electron chi connectivity index (χ0n) is 11.6. The van der Waals surface area contributed by atoms with Gasteiger partial charge in [-0.1, -0.05) is 12.1 Å². The molecule has 3 aromatic rings. The maximum Gasteiger partial charge on any atom is 0.259 e. The maximum absolute atomic E-state index is 12.4. The molecule has 0 saturated heterocycles. The Morgan fingerprint density at radius 1 is 1.23 bits per heavy atom. The summed E-state index contributed by atoms with van der Waals surface area (Å²) in [6, 6.07) is 10.7. The minimum absolute atomic E-state index is 0.234. The number of nitrogens with one attached hydrogen (secondary N) is 1. The molecule has 1 aromatic carbocycles. The molecule has 0 atom stereocenters. The Balaban J connectivity index is 1.74. The summed E-state index contributed by atoms with van der Waals surface area (Å²) in [6.45, 7) is 0.334. The van der Waals surface area contributed by atoms with Gasteiger partial charge in [-0.2, -0.15) is 0 Å². The standard InChI is InChI=1S/C16H13N3O2S/c20-16(19-12-4-3-7-17-8-12)14-5-1-2-6-15(14)21-9-13-10-22-11-18-13/h1-8,10-11H,9H2,(H,19,20). The highest BCUT2D eigenvalue weighted by molar-refractivity contribution is 7.07. The van der Waals surface area contributed by atoms with Crippen molar-refractivity contribution in [3.8, 4) is 5.75 Å². The topological polar surface area (TPSA) is 64.1 Å². The van der Waals surface area contributed by atoms with E-state index in [4.69, 9.17) is 4.74 Å². The SMILES string of the molecule is O=C(Nc1cccnc1)c1ccccc1OCc1cscn1. The molecule has 0 saturated carbocycles. The number of hydrogen-bond acceptors (Lipinski definition) is 5. The van der Waals surface area contributed by atoms with Crippen LogP contribution in [0, 0.1) is 0 Å². The Morgan fingerprint density at radius 2 is 2.14 bits per heavy atom. The zero-order valence-corrected chi connectivity index (χ0v) is 12.4. The predicted octanol–water partition coefficient (Wildman–Crippen LogP) is 3.37. The number of carbonyl (C=O) groups excluding carboxylic acids is 1. The van der Waals surface area contributed by atoms with E-state index in [0.29, 0.717) is 23.6 Å². The zero-order chi connectivity index (χ0) is 15.2. The fraction of sp³-hybridized carbons (Fsp3) is 0.0625. The molecule has 5 nitrogen and oxygen atoms in total. The van der Waals surface area contributed by atoms with Crippen LogP contribution in [0.25, 0.3) is 0 Å². The Morgan fingerprint density at radius 3 is 2.91 bits per heavy atom. The smallest absolute Gasteiger partial charge is 0.259 e. The molecule has 0 aliphatic carbocycles. The van der Waals surface area contributed by atoms with E-state index >= 15 is 0 Å². The number of carbonyl (C=O) groups is 1. The lowest BCUT2D eigenvalue weighted by Gasteiger charge is -2.10. The third kappa shape index (κ3) is 3.48. The Bertz CT molecular complexity index is 745. The monoisotopic (exact) mass is 311 g/mol. The number of rotatable bonds is 5. The third-order valence-electron chi connectivity index (χ3n) is 2.91. The number of para-hydroxylation sites is 1. The van der Waals surface area contributed by atoms with Gasteiger partial charge in [-0.25, -0.2) is 4.98 Å². The summed E-state index contributed by atoms with van der Waals surface area (Å²) in [5.74, 6) is 0.291. The number of ether oxygens (including phenoxy) is 1. The first-order chi connectivity index (χ1) is 10.8. The van der Waals surface area contributed by atoms with Crippen LogP contribution in [-0.2, 0) is 6.61 Å². The van der Waals surface area contributed by atoms with Crippen molar-refractivity contribution < 1.29 is 9.53 Å². The number of thiazole rings is 1. The van der Waals surface area contributed by atoms with Crippen molar-refractivity contribution in [3.05, 3.63) is 70.9 Å². The van der Waals surface area contributed by atoms with Gasteiger partial charge in [0.2, 0.25) is 0 Å². The molecule has 110 valence electrons. The second kappa shape index (κ2) is 6.82. The van der Waals surface area contributed by atoms with E-state index < -0.39 is 0 Å². The quantitative estimate of drug-likeness (QED) is 0.784. The summed E-state index contributed by atoms with van der Waals surface area (Å²) in [7, 11) is 0. The van der Waals surface area contributed by atoms with Crippen molar-refractivity contribution in [1.29, 1.82) is 0 Å². The van der Waals surface area contributed by atoms with Crippen molar-refractivity contribution in [1.82, 2.24) is 9.97 Å². The number of benzene rings is 1. The molecular formula is C16H13N3O2S. The Labute approximate surface area is 131 Å². The first-order valence-corrected chi connectivity index (χ1v) is 7.57. The number of hydrogen-bond donors (Lipinski definition) is 1. The number of amides is 1. The normalized spacial score (nSPS) is 10.2. The molecule has 0 spiro atoms. The Hall–Kier alpha value is -2.73. The molecule has 0 unspecified atom stereocenters. The van der Waals surface area contributed by atoms with Crippen LogP contribution < -0.4 is 10.1 Å². The van der Waals surface area contributed by atoms with Crippen LogP contribution in [0.1, 0.15) is 16.1 Å². The van der Waals surface area contributed by atoms with Crippen LogP contribution in [0.15, 0.2) is 59.7 Å². The van der Waals surface area contributed by atoms with Crippen LogP contribution in [0.4, 0.5) is 5.69 Å². The average Bonchev–Trinajstić information content (AvgIpc) is 3.07. The van der Waals surface area contributed by atoms with Crippen molar-refractivity contribution in [2.75, 3.05) is 5.32 Å². The van der Waals surface area contributed by atoms with Crippen LogP contribution in [-0.4, -0.2) is 15.9 Å². The largest absolute Gasteiger partial charge is 0.486 e. The summed E-state index contributed by atoms with van der Waals surface area (Å²) < 4.78 is 5.71. The molecule has 3 rings (SSSR count). The molecule has 2 heterocycles. The maximum atomic E-state index is 12.4. The van der Waals surface area contributed by atoms with Gasteiger partial charge in [0.1, 0.15) is 12.4 Å². The minimum atomic E-state index is -0.234. The van der Waals surface area contributed by atoms with Gasteiger partial charge < -0.3 is 10.1 Å². The minimum Gasteiger partial charge on any atom is -0.486 e. The first kappa shape index (κ1) is 14.2. The molecule has 6 heteroatoms. The van der Waals surface area contributed by atoms with Crippen LogP contribution >= 0.6 is 11.3 Å². The lowest BCUT2D eigenvalue weighted by atomic mass is 10.2. The van der Waals surface area contributed by atoms with Gasteiger partial charge in [-0.05, 0) is 24.3 Å². The second-order valence-corrected chi connectivity index (χ2v) is 5.18. The van der Waals surface area contributed by atoms with E-state index in [0.717, 1.165) is 5.69 Å². The fourth-order valence-corrected chi connectivity index (χ4v) is 2.42. The van der Waals surface area contributed by atoms with E-state index in [1.165, 1.54) is 11.3 Å². The summed E-state index contributed by atoms with van der Waals surface area (Å²) in [4.78, 5) is 20.5. The van der Waals surface area contributed by atoms with E-state index in [-0.39, 0.29) is 5.91 Å². The van der Waals surface area contributed by atoms with Crippen molar-refractivity contribution in [3.63, 3.8) is 0 Å². The molecule has 2 aromatic heterocycles. The highest BCUT2D eigenvalue weighted by atomic mass is 32.1. The number of anilines is 1. The third-order valence-corrected chi connectivity index (χ3v) is 3.55. The number of aromatic nitrogens is 2. The van der Waals surface area contributed by atoms with E-state index in [1.807, 2.05) is 11.4 Å². The lowest BCUT2D eigenvalue weighted by molar-refractivity contribution is 0.102. The molecule has 1 amide bonds. The molecule has 0 aliphatic rings. The van der Waals surface area contributed by atoms with Gasteiger partial charge in [0, 0.05) is 11.6 Å². The fourth-order valence-electron chi connectivity index (χ4n) is 1.88. The van der Waals surface area contributed by atoms with Crippen LogP contribution in [0.5, 0.6) is 5.75 Å². The van der Waals surface area contributed by atoms with Crippen LogP contribution in [0.3, 0.4) is 0 Å². The molecule has 0 bridgehead atoms. The number of pyridine rings is 1. The molecular weight excluding hydrogens is 298 g/mol. The van der Waals surface area contributed by atoms with Crippen molar-refractivity contribution in [2.45, 2.75) is 6.61 Å². The van der Waals surface area contributed by atoms with Gasteiger partial charge in [-0.15, -0.1) is 11.3 Å². The summed E-state index contributed by atoms with van der Waals surface area (Å²) in [5.41, 5.74) is 3.70. The molecule has 22 heavy (non-hydrogen) atoms. The average molecular weight is 311 g/mol. The van der Waals surface area contributed by atoms with E-state index in [2.05, 4.69) is 15.3 Å². The van der Waals surface area contributed by atoms with E-state index in [9.17, 15) is 4.79 Å². The second-order valence-electron chi connectivity index (χ2n) is 4.46. The summed E-state index contributed by atoms with van der Waals surface area (Å²) in [6.07, 6.45) is 3.25. The molecule has 0 fully saturated rings. The van der Waals surface area contributed by atoms with Gasteiger partial charge in [0.05, 0.1) is 28.7 Å². The van der Waals surface area contributed by atoms with Crippen molar-refractivity contribution in [2.24, 2.45) is 0 Å². The molecule has 0 radical (unpaired) electrons. The summed E-state index contributed by atoms with van der Waals surface area (Å²) >= 11 is 1.51. The van der Waals surface area contributed by atoms with Gasteiger partial charge in [0.25, 0.3) is 5.91 Å². The van der Waals surface area contributed by atoms with Gasteiger partial charge in [-0.3, -0.25) is 9.78 Å². The number of nitrogens with zero attached hydrogens (tertiary/aromatic N) is 2. The molecule has 1 N–H and O–H groups in total. The summed E-state index contributed by atoms with van der Waals surface area (Å²) in [5, 5.41) is 4.71. The van der Waals surface area contributed by atoms with E-state index in [1.54, 1.807) is 48.2 Å². The highest BCUT2D eigenvalue weighted by Gasteiger charge is 2.12. The van der Waals surface area contributed by atoms with Crippen molar-refractivity contribution >= 4 is 22.9 Å². The highest BCUT2D eigenvalue weighted by Crippen LogP contribution is 2.20. The Kier molecular flexibility index (Phi) is 4.41. The predicted molar refractivity (Wildman–Crippen MR) is 85.1 cm³/mol. The molecule has 0 aliphatic heterocycles. The van der Waals surface area contributed by atoms with Crippen LogP contribution in [0.2, 0.25) is 0 Å². The first-order valence-electron chi connectivity index (χ1n) is 6.63. The lowest BCUT2D eigenvalue weighted by Crippen LogP contribution is -2.13. The van der Waals surface area contributed by atoms with Gasteiger partial charge >= 0.3 is 0 Å². The van der Waals surface area contributed by atoms with Gasteiger partial charge in [0.15, 0.2) is 0 Å².